The summed E-state index contributed by atoms with van der Waals surface area (Å²) >= 11 is 0. The number of benzene rings is 2. The quantitative estimate of drug-likeness (QED) is 0.454. The van der Waals surface area contributed by atoms with Crippen LogP contribution in [0.5, 0.6) is 5.75 Å². The fourth-order valence-electron chi connectivity index (χ4n) is 4.14. The third kappa shape index (κ3) is 8.70. The smallest absolute Gasteiger partial charge is 0.407 e. The third-order valence-electron chi connectivity index (χ3n) is 5.97. The third-order valence-corrected chi connectivity index (χ3v) is 7.79. The predicted octanol–water partition coefficient (Wildman–Crippen LogP) is 3.36. The molecule has 0 spiro atoms. The zero-order chi connectivity index (χ0) is 27.1. The Morgan fingerprint density at radius 2 is 1.92 bits per heavy atom. The van der Waals surface area contributed by atoms with Crippen molar-refractivity contribution in [3.8, 4) is 5.75 Å². The van der Waals surface area contributed by atoms with Gasteiger partial charge in [0.05, 0.1) is 30.3 Å². The molecule has 0 radical (unpaired) electrons. The number of nitrogens with zero attached hydrogens (tertiary/aromatic N) is 1. The van der Waals surface area contributed by atoms with Crippen LogP contribution in [0.3, 0.4) is 0 Å². The van der Waals surface area contributed by atoms with Crippen LogP contribution in [-0.4, -0.2) is 74.6 Å². The van der Waals surface area contributed by atoms with Gasteiger partial charge in [-0.3, -0.25) is 0 Å². The molecule has 1 fully saturated rings. The lowest BCUT2D eigenvalue weighted by atomic mass is 10.0. The fraction of sp³-hybridized carbons (Fsp3) is 0.519. The molecular formula is C27H38N2O7S. The van der Waals surface area contributed by atoms with Gasteiger partial charge >= 0.3 is 6.09 Å². The van der Waals surface area contributed by atoms with E-state index >= 15 is 0 Å². The SMILES string of the molecule is COc1cccc(S(=O)(=O)N(CC2CCCO2)CC(O)C(Cc2ccccc2)NC(=O)OC(C)(C)C)c1. The minimum absolute atomic E-state index is 0.0526. The molecule has 1 saturated heterocycles. The summed E-state index contributed by atoms with van der Waals surface area (Å²) in [5, 5.41) is 14.1. The maximum absolute atomic E-state index is 13.7. The number of carbonyl (C=O) groups excluding carboxylic acids is 1. The topological polar surface area (TPSA) is 114 Å². The van der Waals surface area contributed by atoms with Gasteiger partial charge in [-0.15, -0.1) is 0 Å². The Labute approximate surface area is 219 Å². The molecule has 0 aliphatic carbocycles. The molecule has 37 heavy (non-hydrogen) atoms. The monoisotopic (exact) mass is 534 g/mol. The Morgan fingerprint density at radius 1 is 1.19 bits per heavy atom. The van der Waals surface area contributed by atoms with Crippen LogP contribution in [0, 0.1) is 0 Å². The number of methoxy groups -OCH3 is 1. The van der Waals surface area contributed by atoms with Crippen molar-refractivity contribution in [1.29, 1.82) is 0 Å². The van der Waals surface area contributed by atoms with Crippen LogP contribution < -0.4 is 10.1 Å². The van der Waals surface area contributed by atoms with E-state index in [1.54, 1.807) is 32.9 Å². The van der Waals surface area contributed by atoms with Crippen molar-refractivity contribution in [2.24, 2.45) is 0 Å². The van der Waals surface area contributed by atoms with Gasteiger partial charge in [-0.2, -0.15) is 4.31 Å². The standard InChI is InChI=1S/C27H38N2O7S/c1-27(2,3)36-26(31)28-24(16-20-10-6-5-7-11-20)25(30)19-29(18-22-13-9-15-35-22)37(32,33)23-14-8-12-21(17-23)34-4/h5-8,10-12,14,17,22,24-25,30H,9,13,15-16,18-19H2,1-4H3,(H,28,31). The summed E-state index contributed by atoms with van der Waals surface area (Å²) in [6.45, 7) is 5.66. The number of hydrogen-bond acceptors (Lipinski definition) is 7. The highest BCUT2D eigenvalue weighted by Crippen LogP contribution is 2.24. The molecule has 2 N–H and O–H groups in total. The number of amides is 1. The minimum Gasteiger partial charge on any atom is -0.497 e. The van der Waals surface area contributed by atoms with E-state index in [1.807, 2.05) is 30.3 Å². The van der Waals surface area contributed by atoms with Crippen LogP contribution in [0.25, 0.3) is 0 Å². The Hall–Kier alpha value is -2.66. The minimum atomic E-state index is -4.01. The molecule has 3 atom stereocenters. The molecule has 2 aromatic rings. The zero-order valence-corrected chi connectivity index (χ0v) is 22.7. The van der Waals surface area contributed by atoms with Gasteiger partial charge in [-0.1, -0.05) is 36.4 Å². The summed E-state index contributed by atoms with van der Waals surface area (Å²) < 4.78 is 45.0. The van der Waals surface area contributed by atoms with Crippen molar-refractivity contribution in [1.82, 2.24) is 9.62 Å². The maximum Gasteiger partial charge on any atom is 0.407 e. The normalized spacial score (nSPS) is 17.8. The van der Waals surface area contributed by atoms with Gasteiger partial charge < -0.3 is 24.6 Å². The van der Waals surface area contributed by atoms with Crippen LogP contribution in [-0.2, 0) is 25.9 Å². The highest BCUT2D eigenvalue weighted by molar-refractivity contribution is 7.89. The van der Waals surface area contributed by atoms with Crippen molar-refractivity contribution >= 4 is 16.1 Å². The fourth-order valence-corrected chi connectivity index (χ4v) is 5.67. The van der Waals surface area contributed by atoms with Crippen LogP contribution in [0.15, 0.2) is 59.5 Å². The molecule has 0 aromatic heterocycles. The van der Waals surface area contributed by atoms with Gasteiger partial charge in [-0.25, -0.2) is 13.2 Å². The van der Waals surface area contributed by atoms with E-state index in [9.17, 15) is 18.3 Å². The Bertz CT molecular complexity index is 1110. The van der Waals surface area contributed by atoms with Gasteiger partial charge in [0, 0.05) is 25.8 Å². The molecule has 1 amide bonds. The summed E-state index contributed by atoms with van der Waals surface area (Å²) in [5.41, 5.74) is 0.150. The second kappa shape index (κ2) is 12.7. The molecule has 3 rings (SSSR count). The molecule has 0 saturated carbocycles. The first-order chi connectivity index (χ1) is 17.5. The number of aliphatic hydroxyl groups is 1. The number of alkyl carbamates (subject to hydrolysis) is 1. The Morgan fingerprint density at radius 3 is 2.54 bits per heavy atom. The molecular weight excluding hydrogens is 496 g/mol. The molecule has 3 unspecified atom stereocenters. The molecule has 1 aliphatic rings. The first-order valence-corrected chi connectivity index (χ1v) is 13.9. The number of sulfonamides is 1. The molecule has 1 heterocycles. The summed E-state index contributed by atoms with van der Waals surface area (Å²) in [6, 6.07) is 14.8. The van der Waals surface area contributed by atoms with Gasteiger partial charge in [0.1, 0.15) is 11.4 Å². The van der Waals surface area contributed by atoms with E-state index in [4.69, 9.17) is 14.2 Å². The van der Waals surface area contributed by atoms with Crippen molar-refractivity contribution in [2.45, 2.75) is 68.8 Å². The average molecular weight is 535 g/mol. The van der Waals surface area contributed by atoms with Gasteiger partial charge in [-0.05, 0) is 57.7 Å². The van der Waals surface area contributed by atoms with Crippen molar-refractivity contribution in [3.63, 3.8) is 0 Å². The summed E-state index contributed by atoms with van der Waals surface area (Å²) in [7, 11) is -2.54. The van der Waals surface area contributed by atoms with Gasteiger partial charge in [0.15, 0.2) is 0 Å². The average Bonchev–Trinajstić information content (AvgIpc) is 3.36. The second-order valence-corrected chi connectivity index (χ2v) is 12.1. The van der Waals surface area contributed by atoms with Crippen molar-refractivity contribution in [3.05, 3.63) is 60.2 Å². The van der Waals surface area contributed by atoms with E-state index in [0.29, 0.717) is 12.4 Å². The summed E-state index contributed by atoms with van der Waals surface area (Å²) in [5.74, 6) is 0.409. The highest BCUT2D eigenvalue weighted by Gasteiger charge is 2.34. The molecule has 204 valence electrons. The molecule has 2 aromatic carbocycles. The molecule has 9 nitrogen and oxygen atoms in total. The van der Waals surface area contributed by atoms with E-state index in [2.05, 4.69) is 5.32 Å². The highest BCUT2D eigenvalue weighted by atomic mass is 32.2. The lowest BCUT2D eigenvalue weighted by molar-refractivity contribution is 0.0373. The lowest BCUT2D eigenvalue weighted by Crippen LogP contribution is -2.52. The lowest BCUT2D eigenvalue weighted by Gasteiger charge is -2.31. The van der Waals surface area contributed by atoms with E-state index in [0.717, 1.165) is 18.4 Å². The number of rotatable bonds is 11. The number of nitrogens with one attached hydrogen (secondary N) is 1. The van der Waals surface area contributed by atoms with Crippen molar-refractivity contribution in [2.75, 3.05) is 26.8 Å². The van der Waals surface area contributed by atoms with Crippen LogP contribution >= 0.6 is 0 Å². The first-order valence-electron chi connectivity index (χ1n) is 12.5. The van der Waals surface area contributed by atoms with Crippen LogP contribution in [0.4, 0.5) is 4.79 Å². The van der Waals surface area contributed by atoms with Crippen LogP contribution in [0.1, 0.15) is 39.2 Å². The molecule has 1 aliphatic heterocycles. The molecule has 0 bridgehead atoms. The first kappa shape index (κ1) is 28.9. The van der Waals surface area contributed by atoms with E-state index in [-0.39, 0.29) is 30.5 Å². The Kier molecular flexibility index (Phi) is 9.94. The summed E-state index contributed by atoms with van der Waals surface area (Å²) in [6.07, 6.45) is -0.336. The predicted molar refractivity (Wildman–Crippen MR) is 140 cm³/mol. The van der Waals surface area contributed by atoms with E-state index < -0.39 is 33.9 Å². The zero-order valence-electron chi connectivity index (χ0n) is 21.9. The van der Waals surface area contributed by atoms with Gasteiger partial charge in [0.2, 0.25) is 10.0 Å². The Balaban J connectivity index is 1.87. The number of carbonyl (C=O) groups is 1. The van der Waals surface area contributed by atoms with Gasteiger partial charge in [0.25, 0.3) is 0 Å². The number of ether oxygens (including phenoxy) is 3. The van der Waals surface area contributed by atoms with Crippen molar-refractivity contribution < 1.29 is 32.5 Å². The number of aliphatic hydroxyl groups excluding tert-OH is 1. The number of hydrogen-bond donors (Lipinski definition) is 2. The summed E-state index contributed by atoms with van der Waals surface area (Å²) in [4.78, 5) is 12.7. The largest absolute Gasteiger partial charge is 0.497 e. The maximum atomic E-state index is 13.7. The molecule has 10 heteroatoms. The second-order valence-electron chi connectivity index (χ2n) is 10.1. The van der Waals surface area contributed by atoms with E-state index in [1.165, 1.54) is 23.5 Å². The van der Waals surface area contributed by atoms with Crippen LogP contribution in [0.2, 0.25) is 0 Å².